The van der Waals surface area contributed by atoms with Crippen LogP contribution in [0, 0.1) is 18.8 Å². The Bertz CT molecular complexity index is 5390. The summed E-state index contributed by atoms with van der Waals surface area (Å²) >= 11 is 0. The number of aromatic carboxylic acids is 1. The van der Waals surface area contributed by atoms with Crippen LogP contribution in [0.25, 0.3) is 17.2 Å². The monoisotopic (exact) mass is 1920 g/mol. The number of fused-ring (bicyclic) bond motifs is 4. The smallest absolute Gasteiger partial charge is 0.339 e. The number of rotatable bonds is 43. The van der Waals surface area contributed by atoms with Gasteiger partial charge in [0.2, 0.25) is 5.78 Å². The molecule has 6 aromatic rings. The van der Waals surface area contributed by atoms with Crippen LogP contribution in [0.1, 0.15) is 397 Å². The van der Waals surface area contributed by atoms with Crippen LogP contribution in [0.3, 0.4) is 0 Å². The summed E-state index contributed by atoms with van der Waals surface area (Å²) in [5.74, 6) is 0.511. The molecule has 1 unspecified atom stereocenters. The Morgan fingerprint density at radius 1 is 0.464 bits per heavy atom. The van der Waals surface area contributed by atoms with Crippen LogP contribution in [-0.2, 0) is 66.6 Å². The van der Waals surface area contributed by atoms with Crippen LogP contribution in [0.5, 0.6) is 57.5 Å². The van der Waals surface area contributed by atoms with Crippen molar-refractivity contribution >= 4 is 23.6 Å². The predicted octanol–water partition coefficient (Wildman–Crippen LogP) is 33.9. The molecule has 10 N–H and O–H groups in total. The second-order valence-corrected chi connectivity index (χ2v) is 40.9. The molecule has 3 atom stereocenters. The van der Waals surface area contributed by atoms with Crippen molar-refractivity contribution in [1.82, 2.24) is 0 Å². The van der Waals surface area contributed by atoms with E-state index in [9.17, 15) is 65.4 Å². The summed E-state index contributed by atoms with van der Waals surface area (Å²) in [4.78, 5) is 36.8. The molecule has 10 rings (SSSR count). The van der Waals surface area contributed by atoms with Crippen LogP contribution in [-0.4, -0.2) is 74.2 Å². The Balaban J connectivity index is 0.000000297. The van der Waals surface area contributed by atoms with Crippen molar-refractivity contribution in [3.05, 3.63) is 274 Å². The van der Waals surface area contributed by atoms with Gasteiger partial charge in [-0.1, -0.05) is 241 Å². The number of phenolic OH excluding ortho intramolecular Hbond substituents is 7. The summed E-state index contributed by atoms with van der Waals surface area (Å²) in [5.41, 5.74) is 22.5. The number of benzene rings is 6. The van der Waals surface area contributed by atoms with E-state index in [1.165, 1.54) is 95.2 Å². The molecule has 15 nitrogen and oxygen atoms in total. The number of hydrogen-bond acceptors (Lipinski definition) is 14. The fraction of sp³-hybridized carbons (Fsp3) is 0.496. The standard InChI is InChI=1S/C22H32O4.C21H28O3.C21H26O2.C21H30O2.C21H32O2.C19H28O2/c1-5-6-7-11-17-14-19(23)18(21(24)20(17)22(25)26)13-12-16(4)10-8-9-15(2)3;1-5-6-7-8-15-12-18(22)19(21(24)20(15)23)17-11-14(4)9-10-16(17)13(2)3;1-5-6-7-8-15-12-18(22)20-16-11-14(2)9-10-17(16)21(3,4)23-19(20)13-15;1-5-6-7-10-17-14-19(22)18-11-13-21(4,23-20(18)15-17)12-8-9-16(2)3;1-5-6-7-11-18-14-20(22)19(21(23)15-18)13-12-17(4)10-8-9-16(2)3;1-5-7-16-12-18(20)17(19(21)13-16)11-10-15(4)9-6-8-14(2)3/h9,12,14,23-24H,5-8,10-11,13H2,1-4H3,(H,25,26);11-12,16-17,24H,2,5-10H2,1,3-4H3;9-13,22H,5-8H2,1-4H3;9,11,13-15,22H,5-8,10,12H2,1-4H3;9,12,14-15,22-23H,5-8,10-11,13H2,1-4H3;8,10,12-13,20-21H,5-7,9,11H2,1-4H3/b16-12+;;;;17-12+;15-10+/t;16-,17+;;;;/m.0..../s1. The lowest BCUT2D eigenvalue weighted by Crippen LogP contribution is -2.31. The number of ether oxygens (including phenoxy) is 2. The number of ketones is 2. The highest BCUT2D eigenvalue weighted by Gasteiger charge is 2.39. The molecule has 140 heavy (non-hydrogen) atoms. The van der Waals surface area contributed by atoms with Crippen LogP contribution < -0.4 is 9.47 Å². The number of carboxylic acid groups (broad SMARTS) is 1. The van der Waals surface area contributed by atoms with Crippen molar-refractivity contribution in [2.75, 3.05) is 0 Å². The number of carboxylic acids is 1. The molecule has 0 aromatic heterocycles. The van der Waals surface area contributed by atoms with E-state index in [2.05, 4.69) is 218 Å². The van der Waals surface area contributed by atoms with Gasteiger partial charge in [-0.05, 0) is 384 Å². The molecule has 0 radical (unpaired) electrons. The first-order valence-electron chi connectivity index (χ1n) is 52.2. The Kier molecular flexibility index (Phi) is 51.8. The largest absolute Gasteiger partial charge is 0.508 e. The van der Waals surface area contributed by atoms with Gasteiger partial charge in [-0.25, -0.2) is 4.79 Å². The summed E-state index contributed by atoms with van der Waals surface area (Å²) in [6.45, 7) is 52.2. The third-order valence-electron chi connectivity index (χ3n) is 26.3. The highest BCUT2D eigenvalue weighted by atomic mass is 16.5. The topological polar surface area (TPSA) is 272 Å². The van der Waals surface area contributed by atoms with Crippen LogP contribution in [0.4, 0.5) is 0 Å². The highest BCUT2D eigenvalue weighted by Crippen LogP contribution is 2.51. The van der Waals surface area contributed by atoms with Crippen LogP contribution >= 0.6 is 0 Å². The van der Waals surface area contributed by atoms with Gasteiger partial charge in [0, 0.05) is 33.7 Å². The van der Waals surface area contributed by atoms with Crippen LogP contribution in [0.15, 0.2) is 207 Å². The number of aromatic hydroxyl groups is 8. The number of aliphatic hydroxyl groups excluding tert-OH is 1. The van der Waals surface area contributed by atoms with Gasteiger partial charge in [-0.2, -0.15) is 0 Å². The lowest BCUT2D eigenvalue weighted by atomic mass is 9.71. The summed E-state index contributed by atoms with van der Waals surface area (Å²) in [7, 11) is 0. The van der Waals surface area contributed by atoms with Crippen molar-refractivity contribution in [3.8, 4) is 68.6 Å². The molecular weight excluding hydrogens is 1740 g/mol. The summed E-state index contributed by atoms with van der Waals surface area (Å²) in [6.07, 6.45) is 56.0. The number of carbonyl (C=O) groups is 3. The SMILES string of the molecule is C=C(C)[C@@H]1CCC(C)=C[C@H]1C1=C(O)C(=O)C(CCCCC)=CC1=O.CCCCCc1cc(O)c(C/C=C(\C)CCC=C(C)C)c(O)c1.CCCCCc1cc(O)c(C/C=C(\C)CCC=C(C)C)c(O)c1C(=O)O.CCCCCc1cc(O)c2c(c1)OC(C)(C)c1ccc(C)cc1-2.CCCCCc1cc(O)c2c(c1)OC(C)(CCC=C(C)C)C=C2.CCCc1cc(O)c(C/C=C(\C)CCC=C(C)C)c(O)c1. The number of Topliss-reactive ketones (excluding diaryl/α,β-unsaturated/α-hetero) is 1. The first kappa shape index (κ1) is 119. The zero-order chi connectivity index (χ0) is 104. The van der Waals surface area contributed by atoms with E-state index < -0.39 is 5.97 Å². The number of allylic oxidation sites excluding steroid dienone is 20. The maximum atomic E-state index is 12.7. The Hall–Kier alpha value is -11.2. The fourth-order valence-electron chi connectivity index (χ4n) is 17.9. The van der Waals surface area contributed by atoms with Gasteiger partial charge in [0.25, 0.3) is 0 Å². The minimum atomic E-state index is -1.15. The average Bonchev–Trinajstić information content (AvgIpc) is 0.737. The van der Waals surface area contributed by atoms with Gasteiger partial charge in [0.05, 0.1) is 16.7 Å². The van der Waals surface area contributed by atoms with Gasteiger partial charge in [0.1, 0.15) is 74.3 Å². The number of phenols is 8. The number of carbonyl (C=O) groups excluding carboxylic acids is 2. The van der Waals surface area contributed by atoms with Crippen molar-refractivity contribution in [2.45, 2.75) is 395 Å². The van der Waals surface area contributed by atoms with Crippen molar-refractivity contribution in [3.63, 3.8) is 0 Å². The summed E-state index contributed by atoms with van der Waals surface area (Å²) in [6, 6.07) is 23.0. The first-order chi connectivity index (χ1) is 66.4. The third kappa shape index (κ3) is 39.7. The summed E-state index contributed by atoms with van der Waals surface area (Å²) < 4.78 is 12.5. The molecule has 2 aliphatic heterocycles. The van der Waals surface area contributed by atoms with Crippen molar-refractivity contribution < 1.29 is 74.9 Å². The Morgan fingerprint density at radius 3 is 1.34 bits per heavy atom. The molecule has 0 amide bonds. The third-order valence-corrected chi connectivity index (χ3v) is 26.3. The van der Waals surface area contributed by atoms with E-state index in [4.69, 9.17) is 9.47 Å². The minimum absolute atomic E-state index is 0.0349. The van der Waals surface area contributed by atoms with Gasteiger partial charge in [0.15, 0.2) is 11.5 Å². The van der Waals surface area contributed by atoms with E-state index in [1.54, 1.807) is 24.3 Å². The zero-order valence-corrected chi connectivity index (χ0v) is 89.9. The van der Waals surface area contributed by atoms with Gasteiger partial charge >= 0.3 is 5.97 Å². The molecule has 766 valence electrons. The molecule has 2 aliphatic carbocycles. The first-order valence-corrected chi connectivity index (χ1v) is 52.2. The van der Waals surface area contributed by atoms with Crippen molar-refractivity contribution in [1.29, 1.82) is 0 Å². The quantitative estimate of drug-likeness (QED) is 0.00969. The van der Waals surface area contributed by atoms with E-state index in [1.807, 2.05) is 51.1 Å². The number of aryl methyl sites for hydroxylation is 6. The normalized spacial score (nSPS) is 15.6. The Morgan fingerprint density at radius 2 is 0.886 bits per heavy atom. The molecule has 0 saturated carbocycles. The molecule has 0 spiro atoms. The zero-order valence-electron chi connectivity index (χ0n) is 89.9. The van der Waals surface area contributed by atoms with E-state index >= 15 is 0 Å². The predicted molar refractivity (Wildman–Crippen MR) is 585 cm³/mol. The average molecular weight is 1920 g/mol. The van der Waals surface area contributed by atoms with Gasteiger partial charge in [-0.3, -0.25) is 9.59 Å². The second kappa shape index (κ2) is 60.8. The van der Waals surface area contributed by atoms with E-state index in [-0.39, 0.29) is 91.6 Å². The molecule has 2 heterocycles. The fourth-order valence-corrected chi connectivity index (χ4v) is 17.9. The molecule has 0 fully saturated rings. The molecule has 6 aromatic carbocycles. The number of hydrogen-bond donors (Lipinski definition) is 10. The van der Waals surface area contributed by atoms with Crippen LogP contribution in [0.2, 0.25) is 0 Å². The highest BCUT2D eigenvalue weighted by molar-refractivity contribution is 6.22. The molecule has 0 saturated heterocycles. The summed E-state index contributed by atoms with van der Waals surface area (Å²) in [5, 5.41) is 102. The number of unbranched alkanes of at least 4 members (excludes halogenated alkanes) is 10. The van der Waals surface area contributed by atoms with E-state index in [0.717, 1.165) is 221 Å². The minimum Gasteiger partial charge on any atom is -0.508 e. The lowest BCUT2D eigenvalue weighted by molar-refractivity contribution is -0.118. The maximum Gasteiger partial charge on any atom is 0.339 e. The van der Waals surface area contributed by atoms with Gasteiger partial charge < -0.3 is 60.5 Å². The van der Waals surface area contributed by atoms with Gasteiger partial charge in [-0.15, -0.1) is 0 Å². The number of aliphatic hydroxyl groups is 1. The second-order valence-electron chi connectivity index (χ2n) is 40.9. The lowest BCUT2D eigenvalue weighted by Gasteiger charge is -2.35. The molecule has 15 heteroatoms. The Labute approximate surface area is 843 Å². The molecule has 4 aliphatic rings. The maximum absolute atomic E-state index is 12.7. The van der Waals surface area contributed by atoms with E-state index in [0.29, 0.717) is 65.9 Å². The molecular formula is C125H176O15. The van der Waals surface area contributed by atoms with Crippen molar-refractivity contribution in [2.24, 2.45) is 11.8 Å². The molecule has 0 bridgehead atoms.